The lowest BCUT2D eigenvalue weighted by Crippen LogP contribution is -2.08. The molecule has 92 valence electrons. The third-order valence-corrected chi connectivity index (χ3v) is 2.67. The minimum absolute atomic E-state index is 0.0103. The number of aliphatic carboxylic acids is 1. The summed E-state index contributed by atoms with van der Waals surface area (Å²) in [4.78, 5) is 21.8. The Hall–Kier alpha value is -2.36. The van der Waals surface area contributed by atoms with E-state index in [9.17, 15) is 9.59 Å². The fraction of sp³-hybridized carbons (Fsp3) is 0.143. The van der Waals surface area contributed by atoms with E-state index in [1.165, 1.54) is 12.1 Å². The molecule has 4 nitrogen and oxygen atoms in total. The first-order valence-corrected chi connectivity index (χ1v) is 5.60. The van der Waals surface area contributed by atoms with Crippen LogP contribution in [-0.2, 0) is 17.8 Å². The fourth-order valence-electron chi connectivity index (χ4n) is 1.79. The first-order chi connectivity index (χ1) is 8.65. The molecule has 0 aliphatic carbocycles. The quantitative estimate of drug-likeness (QED) is 0.885. The van der Waals surface area contributed by atoms with E-state index >= 15 is 0 Å². The van der Waals surface area contributed by atoms with Gasteiger partial charge in [0.2, 0.25) is 0 Å². The lowest BCUT2D eigenvalue weighted by Gasteiger charge is -2.10. The molecule has 0 amide bonds. The van der Waals surface area contributed by atoms with Crippen LogP contribution in [0.3, 0.4) is 0 Å². The highest BCUT2D eigenvalue weighted by Crippen LogP contribution is 2.11. The lowest BCUT2D eigenvalue weighted by atomic mass is 10.0. The van der Waals surface area contributed by atoms with Gasteiger partial charge < -0.3 is 9.67 Å². The Kier molecular flexibility index (Phi) is 3.57. The molecule has 2 aromatic rings. The van der Waals surface area contributed by atoms with Crippen LogP contribution in [0.5, 0.6) is 0 Å². The monoisotopic (exact) mass is 243 g/mol. The van der Waals surface area contributed by atoms with Crippen LogP contribution < -0.4 is 5.43 Å². The van der Waals surface area contributed by atoms with E-state index in [2.05, 4.69) is 0 Å². The second-order valence-electron chi connectivity index (χ2n) is 4.05. The fourth-order valence-corrected chi connectivity index (χ4v) is 1.79. The summed E-state index contributed by atoms with van der Waals surface area (Å²) in [6.07, 6.45) is 3.40. The van der Waals surface area contributed by atoms with E-state index in [1.807, 2.05) is 28.8 Å². The first-order valence-electron chi connectivity index (χ1n) is 5.60. The maximum absolute atomic E-state index is 11.0. The largest absolute Gasteiger partial charge is 0.481 e. The molecule has 1 aromatic carbocycles. The number of hydrogen-bond donors (Lipinski definition) is 1. The molecular weight excluding hydrogens is 230 g/mol. The van der Waals surface area contributed by atoms with Crippen LogP contribution in [0.2, 0.25) is 0 Å². The summed E-state index contributed by atoms with van der Waals surface area (Å²) < 4.78 is 1.85. The van der Waals surface area contributed by atoms with Crippen LogP contribution in [0.15, 0.2) is 53.6 Å². The van der Waals surface area contributed by atoms with Gasteiger partial charge in [-0.05, 0) is 11.1 Å². The second-order valence-corrected chi connectivity index (χ2v) is 4.05. The smallest absolute Gasteiger partial charge is 0.307 e. The molecule has 0 aliphatic heterocycles. The van der Waals surface area contributed by atoms with E-state index in [-0.39, 0.29) is 11.8 Å². The first kappa shape index (κ1) is 12.1. The highest BCUT2D eigenvalue weighted by atomic mass is 16.4. The predicted molar refractivity (Wildman–Crippen MR) is 67.6 cm³/mol. The normalized spacial score (nSPS) is 10.2. The molecule has 1 N–H and O–H groups in total. The van der Waals surface area contributed by atoms with Crippen molar-refractivity contribution in [3.63, 3.8) is 0 Å². The van der Waals surface area contributed by atoms with Gasteiger partial charge in [0.05, 0.1) is 6.42 Å². The third-order valence-electron chi connectivity index (χ3n) is 2.67. The number of carboxylic acids is 1. The highest BCUT2D eigenvalue weighted by molar-refractivity contribution is 5.70. The van der Waals surface area contributed by atoms with Gasteiger partial charge in [0, 0.05) is 31.1 Å². The molecule has 18 heavy (non-hydrogen) atoms. The van der Waals surface area contributed by atoms with E-state index in [4.69, 9.17) is 5.11 Å². The maximum atomic E-state index is 11.0. The third kappa shape index (κ3) is 3.07. The lowest BCUT2D eigenvalue weighted by molar-refractivity contribution is -0.136. The molecule has 0 saturated carbocycles. The number of pyridine rings is 1. The summed E-state index contributed by atoms with van der Waals surface area (Å²) in [6, 6.07) is 10.4. The van der Waals surface area contributed by atoms with Gasteiger partial charge in [-0.15, -0.1) is 0 Å². The van der Waals surface area contributed by atoms with E-state index in [0.717, 1.165) is 11.1 Å². The van der Waals surface area contributed by atoms with Gasteiger partial charge in [-0.25, -0.2) is 0 Å². The average molecular weight is 243 g/mol. The molecule has 1 heterocycles. The molecule has 0 spiro atoms. The molecule has 0 fully saturated rings. The van der Waals surface area contributed by atoms with Gasteiger partial charge in [0.1, 0.15) is 0 Å². The van der Waals surface area contributed by atoms with Crippen molar-refractivity contribution in [2.75, 3.05) is 0 Å². The Morgan fingerprint density at radius 3 is 2.28 bits per heavy atom. The summed E-state index contributed by atoms with van der Waals surface area (Å²) in [5, 5.41) is 8.85. The zero-order valence-electron chi connectivity index (χ0n) is 9.74. The molecule has 0 radical (unpaired) electrons. The Labute approximate surface area is 104 Å². The summed E-state index contributed by atoms with van der Waals surface area (Å²) in [5.74, 6) is -0.845. The van der Waals surface area contributed by atoms with Gasteiger partial charge in [-0.2, -0.15) is 0 Å². The number of benzene rings is 1. The van der Waals surface area contributed by atoms with Gasteiger partial charge in [-0.1, -0.05) is 24.3 Å². The molecular formula is C14H13NO3. The predicted octanol–water partition coefficient (Wildman–Crippen LogP) is 1.52. The van der Waals surface area contributed by atoms with Crippen LogP contribution in [0.4, 0.5) is 0 Å². The molecule has 0 saturated heterocycles. The molecule has 2 rings (SSSR count). The Morgan fingerprint density at radius 2 is 1.67 bits per heavy atom. The number of carbonyl (C=O) groups is 1. The highest BCUT2D eigenvalue weighted by Gasteiger charge is 2.06. The van der Waals surface area contributed by atoms with E-state index in [0.29, 0.717) is 6.54 Å². The van der Waals surface area contributed by atoms with Gasteiger partial charge in [0.15, 0.2) is 5.43 Å². The van der Waals surface area contributed by atoms with Crippen molar-refractivity contribution in [3.8, 4) is 0 Å². The number of nitrogens with zero attached hydrogens (tertiary/aromatic N) is 1. The number of carboxylic acid groups (broad SMARTS) is 1. The summed E-state index contributed by atoms with van der Waals surface area (Å²) in [7, 11) is 0. The standard InChI is InChI=1S/C14H13NO3/c16-13-5-7-15(8-6-13)10-12-4-2-1-3-11(12)9-14(17)18/h1-8H,9-10H2,(H,17,18). The minimum Gasteiger partial charge on any atom is -0.481 e. The van der Waals surface area contributed by atoms with Gasteiger partial charge in [-0.3, -0.25) is 9.59 Å². The van der Waals surface area contributed by atoms with E-state index in [1.54, 1.807) is 12.4 Å². The molecule has 0 bridgehead atoms. The molecule has 1 aromatic heterocycles. The molecule has 0 atom stereocenters. The maximum Gasteiger partial charge on any atom is 0.307 e. The van der Waals surface area contributed by atoms with Crippen LogP contribution in [0.1, 0.15) is 11.1 Å². The number of hydrogen-bond acceptors (Lipinski definition) is 2. The van der Waals surface area contributed by atoms with Crippen molar-refractivity contribution in [1.82, 2.24) is 4.57 Å². The van der Waals surface area contributed by atoms with Gasteiger partial charge in [0.25, 0.3) is 0 Å². The number of rotatable bonds is 4. The summed E-state index contributed by atoms with van der Waals surface area (Å²) >= 11 is 0. The summed E-state index contributed by atoms with van der Waals surface area (Å²) in [6.45, 7) is 0.559. The minimum atomic E-state index is -0.845. The summed E-state index contributed by atoms with van der Waals surface area (Å²) in [5.41, 5.74) is 1.71. The SMILES string of the molecule is O=C(O)Cc1ccccc1Cn1ccc(=O)cc1. The van der Waals surface area contributed by atoms with Crippen molar-refractivity contribution >= 4 is 5.97 Å². The van der Waals surface area contributed by atoms with Crippen molar-refractivity contribution in [1.29, 1.82) is 0 Å². The van der Waals surface area contributed by atoms with Crippen molar-refractivity contribution in [2.24, 2.45) is 0 Å². The van der Waals surface area contributed by atoms with Crippen molar-refractivity contribution in [2.45, 2.75) is 13.0 Å². The van der Waals surface area contributed by atoms with Crippen LogP contribution in [-0.4, -0.2) is 15.6 Å². The topological polar surface area (TPSA) is 59.3 Å². The van der Waals surface area contributed by atoms with Crippen LogP contribution >= 0.6 is 0 Å². The van der Waals surface area contributed by atoms with Crippen molar-refractivity contribution < 1.29 is 9.90 Å². The zero-order valence-corrected chi connectivity index (χ0v) is 9.74. The van der Waals surface area contributed by atoms with Gasteiger partial charge >= 0.3 is 5.97 Å². The zero-order chi connectivity index (χ0) is 13.0. The van der Waals surface area contributed by atoms with Crippen LogP contribution in [0.25, 0.3) is 0 Å². The van der Waals surface area contributed by atoms with Crippen molar-refractivity contribution in [3.05, 3.63) is 70.1 Å². The van der Waals surface area contributed by atoms with E-state index < -0.39 is 5.97 Å². The molecule has 0 unspecified atom stereocenters. The molecule has 0 aliphatic rings. The Balaban J connectivity index is 2.25. The van der Waals surface area contributed by atoms with Crippen LogP contribution in [0, 0.1) is 0 Å². The Morgan fingerprint density at radius 1 is 1.06 bits per heavy atom. The number of aromatic nitrogens is 1. The average Bonchev–Trinajstić information content (AvgIpc) is 2.34. The second kappa shape index (κ2) is 5.31. The Bertz CT molecular complexity index is 596. The molecule has 4 heteroatoms.